The molecule has 3 N–H and O–H groups in total. The Bertz CT molecular complexity index is 1140. The third kappa shape index (κ3) is 4.20. The third-order valence-electron chi connectivity index (χ3n) is 4.95. The SMILES string of the molecule is CCOc1cc(C2C(C(N)=O)=C(C)Nc3ncnn32)ccc1OCc1ccc(Cl)cc1. The summed E-state index contributed by atoms with van der Waals surface area (Å²) in [6, 6.07) is 12.5. The van der Waals surface area contributed by atoms with Crippen LogP contribution in [0.2, 0.25) is 5.02 Å². The fourth-order valence-electron chi connectivity index (χ4n) is 3.54. The number of fused-ring (bicyclic) bond motifs is 1. The van der Waals surface area contributed by atoms with Crippen molar-refractivity contribution in [3.63, 3.8) is 0 Å². The number of halogens is 1. The average Bonchev–Trinajstić information content (AvgIpc) is 3.21. The van der Waals surface area contributed by atoms with E-state index in [4.69, 9.17) is 26.8 Å². The summed E-state index contributed by atoms with van der Waals surface area (Å²) in [5.74, 6) is 1.16. The lowest BCUT2D eigenvalue weighted by atomic mass is 9.95. The Kier molecular flexibility index (Phi) is 5.81. The zero-order valence-corrected chi connectivity index (χ0v) is 17.9. The van der Waals surface area contributed by atoms with Gasteiger partial charge in [0.05, 0.1) is 12.2 Å². The van der Waals surface area contributed by atoms with Crippen molar-refractivity contribution in [1.29, 1.82) is 0 Å². The van der Waals surface area contributed by atoms with Gasteiger partial charge in [-0.3, -0.25) is 4.79 Å². The van der Waals surface area contributed by atoms with Crippen LogP contribution in [-0.2, 0) is 11.4 Å². The largest absolute Gasteiger partial charge is 0.490 e. The lowest BCUT2D eigenvalue weighted by Crippen LogP contribution is -2.31. The second-order valence-corrected chi connectivity index (χ2v) is 7.45. The molecule has 0 aliphatic carbocycles. The summed E-state index contributed by atoms with van der Waals surface area (Å²) >= 11 is 5.95. The monoisotopic (exact) mass is 439 g/mol. The molecule has 2 heterocycles. The molecule has 1 aromatic heterocycles. The number of allylic oxidation sites excluding steroid dienone is 1. The Morgan fingerprint density at radius 3 is 2.68 bits per heavy atom. The van der Waals surface area contributed by atoms with Crippen LogP contribution in [0.4, 0.5) is 5.95 Å². The molecule has 8 nitrogen and oxygen atoms in total. The quantitative estimate of drug-likeness (QED) is 0.581. The van der Waals surface area contributed by atoms with Crippen molar-refractivity contribution in [2.45, 2.75) is 26.5 Å². The molecule has 0 radical (unpaired) electrons. The Morgan fingerprint density at radius 1 is 1.19 bits per heavy atom. The third-order valence-corrected chi connectivity index (χ3v) is 5.20. The van der Waals surface area contributed by atoms with Gasteiger partial charge < -0.3 is 20.5 Å². The van der Waals surface area contributed by atoms with Crippen molar-refractivity contribution in [2.75, 3.05) is 11.9 Å². The summed E-state index contributed by atoms with van der Waals surface area (Å²) in [6.45, 7) is 4.51. The molecule has 3 aromatic rings. The molecule has 2 aromatic carbocycles. The number of nitrogens with zero attached hydrogens (tertiary/aromatic N) is 3. The normalized spacial score (nSPS) is 15.3. The average molecular weight is 440 g/mol. The van der Waals surface area contributed by atoms with Crippen LogP contribution >= 0.6 is 11.6 Å². The Morgan fingerprint density at radius 2 is 1.97 bits per heavy atom. The summed E-state index contributed by atoms with van der Waals surface area (Å²) in [5, 5.41) is 8.02. The Hall–Kier alpha value is -3.52. The maximum atomic E-state index is 12.2. The van der Waals surface area contributed by atoms with Crippen molar-refractivity contribution in [3.05, 3.63) is 76.2 Å². The summed E-state index contributed by atoms with van der Waals surface area (Å²) in [5.41, 5.74) is 8.51. The Labute approximate surface area is 184 Å². The number of carbonyl (C=O) groups is 1. The molecule has 0 saturated carbocycles. The first-order chi connectivity index (χ1) is 15.0. The number of benzene rings is 2. The minimum Gasteiger partial charge on any atom is -0.490 e. The molecule has 1 atom stereocenters. The fraction of sp³-hybridized carbons (Fsp3) is 0.227. The summed E-state index contributed by atoms with van der Waals surface area (Å²) in [4.78, 5) is 16.4. The van der Waals surface area contributed by atoms with Gasteiger partial charge in [0.25, 0.3) is 0 Å². The topological polar surface area (TPSA) is 104 Å². The number of carbonyl (C=O) groups excluding carboxylic acids is 1. The van der Waals surface area contributed by atoms with Gasteiger partial charge in [0.2, 0.25) is 11.9 Å². The van der Waals surface area contributed by atoms with Gasteiger partial charge in [-0.2, -0.15) is 10.1 Å². The van der Waals surface area contributed by atoms with Gasteiger partial charge in [-0.05, 0) is 49.2 Å². The van der Waals surface area contributed by atoms with Crippen molar-refractivity contribution in [2.24, 2.45) is 5.73 Å². The summed E-state index contributed by atoms with van der Waals surface area (Å²) < 4.78 is 13.4. The van der Waals surface area contributed by atoms with Gasteiger partial charge >= 0.3 is 0 Å². The van der Waals surface area contributed by atoms with Gasteiger partial charge in [-0.1, -0.05) is 29.8 Å². The fourth-order valence-corrected chi connectivity index (χ4v) is 3.67. The van der Waals surface area contributed by atoms with E-state index in [9.17, 15) is 4.79 Å². The first-order valence-corrected chi connectivity index (χ1v) is 10.2. The van der Waals surface area contributed by atoms with Crippen molar-refractivity contribution in [3.8, 4) is 11.5 Å². The van der Waals surface area contributed by atoms with Crippen LogP contribution in [0, 0.1) is 0 Å². The van der Waals surface area contributed by atoms with Gasteiger partial charge in [-0.15, -0.1) is 0 Å². The predicted molar refractivity (Wildman–Crippen MR) is 117 cm³/mol. The van der Waals surface area contributed by atoms with Crippen LogP contribution in [0.5, 0.6) is 11.5 Å². The molecule has 9 heteroatoms. The molecule has 0 fully saturated rings. The standard InChI is InChI=1S/C22H22ClN5O3/c1-3-30-18-10-15(6-9-17(18)31-11-14-4-7-16(23)8-5-14)20-19(21(24)29)13(2)27-22-25-12-26-28(20)22/h4-10,12,20H,3,11H2,1-2H3,(H2,24,29)(H,25,26,27). The molecule has 4 rings (SSSR count). The van der Waals surface area contributed by atoms with Crippen LogP contribution in [-0.4, -0.2) is 27.3 Å². The molecule has 0 spiro atoms. The van der Waals surface area contributed by atoms with E-state index in [1.807, 2.05) is 49.4 Å². The number of ether oxygens (including phenoxy) is 2. The number of nitrogens with two attached hydrogens (primary N) is 1. The highest BCUT2D eigenvalue weighted by Crippen LogP contribution is 2.38. The molecular formula is C22H22ClN5O3. The zero-order chi connectivity index (χ0) is 22.0. The molecule has 1 amide bonds. The molecule has 1 aliphatic heterocycles. The lowest BCUT2D eigenvalue weighted by Gasteiger charge is -2.28. The molecular weight excluding hydrogens is 418 g/mol. The number of amides is 1. The molecule has 1 aliphatic rings. The van der Waals surface area contributed by atoms with E-state index in [0.717, 1.165) is 11.1 Å². The van der Waals surface area contributed by atoms with Gasteiger partial charge in [0.15, 0.2) is 11.5 Å². The smallest absolute Gasteiger partial charge is 0.248 e. The predicted octanol–water partition coefficient (Wildman–Crippen LogP) is 3.68. The van der Waals surface area contributed by atoms with Crippen LogP contribution in [0.25, 0.3) is 0 Å². The van der Waals surface area contributed by atoms with E-state index in [1.165, 1.54) is 6.33 Å². The second kappa shape index (κ2) is 8.69. The zero-order valence-electron chi connectivity index (χ0n) is 17.1. The number of rotatable bonds is 7. The van der Waals surface area contributed by atoms with Crippen LogP contribution in [0.3, 0.4) is 0 Å². The lowest BCUT2D eigenvalue weighted by molar-refractivity contribution is -0.115. The van der Waals surface area contributed by atoms with Crippen LogP contribution < -0.4 is 20.5 Å². The first-order valence-electron chi connectivity index (χ1n) is 9.79. The second-order valence-electron chi connectivity index (χ2n) is 7.01. The first kappa shape index (κ1) is 20.7. The van der Waals surface area contributed by atoms with E-state index in [1.54, 1.807) is 11.6 Å². The van der Waals surface area contributed by atoms with Gasteiger partial charge in [0.1, 0.15) is 19.0 Å². The van der Waals surface area contributed by atoms with Crippen LogP contribution in [0.15, 0.2) is 60.1 Å². The highest BCUT2D eigenvalue weighted by molar-refractivity contribution is 6.30. The van der Waals surface area contributed by atoms with Gasteiger partial charge in [-0.25, -0.2) is 4.68 Å². The Balaban J connectivity index is 1.68. The van der Waals surface area contributed by atoms with E-state index in [2.05, 4.69) is 15.4 Å². The number of hydrogen-bond acceptors (Lipinski definition) is 6. The van der Waals surface area contributed by atoms with Crippen LogP contribution in [0.1, 0.15) is 31.0 Å². The molecule has 160 valence electrons. The number of aromatic nitrogens is 3. The minimum atomic E-state index is -0.530. The van der Waals surface area contributed by atoms with Crippen molar-refractivity contribution < 1.29 is 14.3 Å². The minimum absolute atomic E-state index is 0.364. The number of hydrogen-bond donors (Lipinski definition) is 2. The summed E-state index contributed by atoms with van der Waals surface area (Å²) in [6.07, 6.45) is 1.43. The number of primary amides is 1. The summed E-state index contributed by atoms with van der Waals surface area (Å²) in [7, 11) is 0. The van der Waals surface area contributed by atoms with Crippen molar-refractivity contribution in [1.82, 2.24) is 14.8 Å². The van der Waals surface area contributed by atoms with Crippen molar-refractivity contribution >= 4 is 23.5 Å². The highest BCUT2D eigenvalue weighted by Gasteiger charge is 2.32. The van der Waals surface area contributed by atoms with E-state index < -0.39 is 11.9 Å². The molecule has 0 saturated heterocycles. The maximum Gasteiger partial charge on any atom is 0.248 e. The van der Waals surface area contributed by atoms with E-state index >= 15 is 0 Å². The number of anilines is 1. The molecule has 31 heavy (non-hydrogen) atoms. The maximum absolute atomic E-state index is 12.2. The van der Waals surface area contributed by atoms with E-state index in [0.29, 0.717) is 47.0 Å². The number of nitrogens with one attached hydrogen (secondary N) is 1. The molecule has 1 unspecified atom stereocenters. The van der Waals surface area contributed by atoms with Gasteiger partial charge in [0, 0.05) is 10.7 Å². The highest BCUT2D eigenvalue weighted by atomic mass is 35.5. The van der Waals surface area contributed by atoms with E-state index in [-0.39, 0.29) is 0 Å². The molecule has 0 bridgehead atoms.